The Morgan fingerprint density at radius 1 is 1.08 bits per heavy atom. The third-order valence-corrected chi connectivity index (χ3v) is 3.50. The van der Waals surface area contributed by atoms with E-state index < -0.39 is 5.82 Å². The molecule has 2 aromatic rings. The van der Waals surface area contributed by atoms with E-state index in [2.05, 4.69) is 0 Å². The van der Waals surface area contributed by atoms with Gasteiger partial charge in [0, 0.05) is 7.05 Å². The van der Waals surface area contributed by atoms with E-state index in [0.29, 0.717) is 23.6 Å². The van der Waals surface area contributed by atoms with Gasteiger partial charge >= 0.3 is 0 Å². The Bertz CT molecular complexity index is 705. The van der Waals surface area contributed by atoms with E-state index in [1.54, 1.807) is 43.4 Å². The maximum Gasteiger partial charge on any atom is 0.257 e. The molecule has 0 aromatic heterocycles. The highest BCUT2D eigenvalue weighted by atomic mass is 19.1. The molecule has 0 atom stereocenters. The number of methoxy groups -OCH3 is 2. The largest absolute Gasteiger partial charge is 0.497 e. The number of likely N-dealkylation sites (N-methyl/N-ethyl adjacent to an activating group) is 1. The minimum Gasteiger partial charge on any atom is -0.497 e. The van der Waals surface area contributed by atoms with Gasteiger partial charge in [-0.05, 0) is 30.3 Å². The van der Waals surface area contributed by atoms with E-state index in [9.17, 15) is 9.18 Å². The Labute approximate surface area is 140 Å². The van der Waals surface area contributed by atoms with Gasteiger partial charge in [0.1, 0.15) is 18.1 Å². The second-order valence-electron chi connectivity index (χ2n) is 5.07. The number of halogens is 1. The van der Waals surface area contributed by atoms with Gasteiger partial charge in [-0.2, -0.15) is 0 Å². The molecule has 0 aliphatic carbocycles. The molecule has 0 spiro atoms. The lowest BCUT2D eigenvalue weighted by atomic mass is 10.1. The zero-order valence-electron chi connectivity index (χ0n) is 13.9. The Morgan fingerprint density at radius 3 is 2.50 bits per heavy atom. The van der Waals surface area contributed by atoms with Crippen LogP contribution in [0, 0.1) is 5.82 Å². The van der Waals surface area contributed by atoms with Gasteiger partial charge in [0.15, 0.2) is 11.6 Å². The Morgan fingerprint density at radius 2 is 1.83 bits per heavy atom. The van der Waals surface area contributed by atoms with Crippen molar-refractivity contribution in [3.63, 3.8) is 0 Å². The number of rotatable bonds is 7. The van der Waals surface area contributed by atoms with Gasteiger partial charge in [-0.15, -0.1) is 0 Å². The second kappa shape index (κ2) is 8.19. The van der Waals surface area contributed by atoms with Crippen LogP contribution in [0.25, 0.3) is 0 Å². The summed E-state index contributed by atoms with van der Waals surface area (Å²) in [6.45, 7) is 0.475. The van der Waals surface area contributed by atoms with Crippen molar-refractivity contribution < 1.29 is 23.4 Å². The molecule has 5 nitrogen and oxygen atoms in total. The van der Waals surface area contributed by atoms with Crippen molar-refractivity contribution in [2.24, 2.45) is 0 Å². The molecule has 1 amide bonds. The summed E-state index contributed by atoms with van der Waals surface area (Å²) in [5, 5.41) is 0. The van der Waals surface area contributed by atoms with Crippen molar-refractivity contribution in [3.8, 4) is 17.2 Å². The first-order valence-electron chi connectivity index (χ1n) is 7.41. The lowest BCUT2D eigenvalue weighted by molar-refractivity contribution is 0.0769. The van der Waals surface area contributed by atoms with E-state index in [4.69, 9.17) is 14.2 Å². The van der Waals surface area contributed by atoms with Crippen LogP contribution in [0.1, 0.15) is 10.4 Å². The van der Waals surface area contributed by atoms with Crippen LogP contribution in [0.2, 0.25) is 0 Å². The average molecular weight is 333 g/mol. The van der Waals surface area contributed by atoms with Crippen LogP contribution in [0.4, 0.5) is 4.39 Å². The Balaban J connectivity index is 2.00. The van der Waals surface area contributed by atoms with Crippen LogP contribution < -0.4 is 14.2 Å². The fraction of sp³-hybridized carbons (Fsp3) is 0.278. The first-order valence-corrected chi connectivity index (χ1v) is 7.41. The first kappa shape index (κ1) is 17.6. The highest BCUT2D eigenvalue weighted by Gasteiger charge is 2.18. The smallest absolute Gasteiger partial charge is 0.257 e. The van der Waals surface area contributed by atoms with Crippen LogP contribution in [-0.2, 0) is 0 Å². The van der Waals surface area contributed by atoms with Crippen LogP contribution >= 0.6 is 0 Å². The Hall–Kier alpha value is -2.76. The van der Waals surface area contributed by atoms with Gasteiger partial charge in [0.2, 0.25) is 0 Å². The molecule has 0 radical (unpaired) electrons. The monoisotopic (exact) mass is 333 g/mol. The fourth-order valence-corrected chi connectivity index (χ4v) is 2.14. The highest BCUT2D eigenvalue weighted by Crippen LogP contribution is 2.25. The molecule has 0 bridgehead atoms. The number of amides is 1. The number of hydrogen-bond acceptors (Lipinski definition) is 4. The summed E-state index contributed by atoms with van der Waals surface area (Å²) in [5.41, 5.74) is 0.394. The van der Waals surface area contributed by atoms with E-state index in [1.807, 2.05) is 0 Å². The van der Waals surface area contributed by atoms with Crippen LogP contribution in [0.5, 0.6) is 17.2 Å². The average Bonchev–Trinajstić information content (AvgIpc) is 2.62. The molecular weight excluding hydrogens is 313 g/mol. The van der Waals surface area contributed by atoms with Gasteiger partial charge < -0.3 is 19.1 Å². The van der Waals surface area contributed by atoms with Gasteiger partial charge in [-0.25, -0.2) is 4.39 Å². The molecule has 0 saturated heterocycles. The van der Waals surface area contributed by atoms with Crippen molar-refractivity contribution in [1.82, 2.24) is 4.90 Å². The predicted molar refractivity (Wildman–Crippen MR) is 88.4 cm³/mol. The summed E-state index contributed by atoms with van der Waals surface area (Å²) in [4.78, 5) is 14.0. The topological polar surface area (TPSA) is 48.0 Å². The predicted octanol–water partition coefficient (Wildman–Crippen LogP) is 2.99. The quantitative estimate of drug-likeness (QED) is 0.781. The Kier molecular flexibility index (Phi) is 6.01. The van der Waals surface area contributed by atoms with Crippen molar-refractivity contribution in [2.45, 2.75) is 0 Å². The SMILES string of the molecule is COc1ccc(OC)c(C(=O)N(C)CCOc2ccccc2F)c1. The summed E-state index contributed by atoms with van der Waals surface area (Å²) in [5.74, 6) is 0.527. The molecule has 0 heterocycles. The number of hydrogen-bond donors (Lipinski definition) is 0. The number of benzene rings is 2. The molecule has 0 saturated carbocycles. The normalized spacial score (nSPS) is 10.2. The van der Waals surface area contributed by atoms with Gasteiger partial charge in [-0.3, -0.25) is 4.79 Å². The van der Waals surface area contributed by atoms with Gasteiger partial charge in [-0.1, -0.05) is 12.1 Å². The third-order valence-electron chi connectivity index (χ3n) is 3.50. The van der Waals surface area contributed by atoms with Crippen LogP contribution in [0.15, 0.2) is 42.5 Å². The third kappa shape index (κ3) is 4.16. The number of ether oxygens (including phenoxy) is 3. The van der Waals surface area contributed by atoms with E-state index >= 15 is 0 Å². The summed E-state index contributed by atoms with van der Waals surface area (Å²) < 4.78 is 29.2. The molecule has 0 N–H and O–H groups in total. The maximum absolute atomic E-state index is 13.5. The second-order valence-corrected chi connectivity index (χ2v) is 5.07. The highest BCUT2D eigenvalue weighted by molar-refractivity contribution is 5.97. The zero-order chi connectivity index (χ0) is 17.5. The molecule has 0 aliphatic rings. The first-order chi connectivity index (χ1) is 11.6. The number of para-hydroxylation sites is 1. The lowest BCUT2D eigenvalue weighted by Gasteiger charge is -2.19. The fourth-order valence-electron chi connectivity index (χ4n) is 2.14. The standard InChI is InChI=1S/C18H20FNO4/c1-20(10-11-24-17-7-5-4-6-15(17)19)18(21)14-12-13(22-2)8-9-16(14)23-3/h4-9,12H,10-11H2,1-3H3. The number of carbonyl (C=O) groups excluding carboxylic acids is 1. The molecular formula is C18H20FNO4. The lowest BCUT2D eigenvalue weighted by Crippen LogP contribution is -2.31. The van der Waals surface area contributed by atoms with Gasteiger partial charge in [0.25, 0.3) is 5.91 Å². The summed E-state index contributed by atoms with van der Waals surface area (Å²) in [7, 11) is 4.67. The minimum atomic E-state index is -0.430. The van der Waals surface area contributed by atoms with Crippen LogP contribution in [-0.4, -0.2) is 45.2 Å². The maximum atomic E-state index is 13.5. The van der Waals surface area contributed by atoms with Crippen molar-refractivity contribution in [3.05, 3.63) is 53.8 Å². The van der Waals surface area contributed by atoms with Crippen molar-refractivity contribution in [2.75, 3.05) is 34.4 Å². The molecule has 6 heteroatoms. The van der Waals surface area contributed by atoms with E-state index in [1.165, 1.54) is 25.2 Å². The van der Waals surface area contributed by atoms with Crippen molar-refractivity contribution >= 4 is 5.91 Å². The zero-order valence-corrected chi connectivity index (χ0v) is 13.9. The molecule has 0 unspecified atom stereocenters. The van der Waals surface area contributed by atoms with E-state index in [0.717, 1.165) is 0 Å². The van der Waals surface area contributed by atoms with Gasteiger partial charge in [0.05, 0.1) is 26.3 Å². The minimum absolute atomic E-state index is 0.164. The molecule has 0 fully saturated rings. The number of nitrogens with zero attached hydrogens (tertiary/aromatic N) is 1. The number of carbonyl (C=O) groups is 1. The summed E-state index contributed by atoms with van der Waals surface area (Å²) in [6.07, 6.45) is 0. The van der Waals surface area contributed by atoms with E-state index in [-0.39, 0.29) is 18.3 Å². The summed E-state index contributed by atoms with van der Waals surface area (Å²) >= 11 is 0. The summed E-state index contributed by atoms with van der Waals surface area (Å²) in [6, 6.07) is 11.2. The van der Waals surface area contributed by atoms with Crippen molar-refractivity contribution in [1.29, 1.82) is 0 Å². The molecule has 128 valence electrons. The van der Waals surface area contributed by atoms with Crippen LogP contribution in [0.3, 0.4) is 0 Å². The molecule has 0 aliphatic heterocycles. The molecule has 24 heavy (non-hydrogen) atoms. The molecule has 2 aromatic carbocycles. The molecule has 2 rings (SSSR count).